The Kier molecular flexibility index (Phi) is 4.66. The molecule has 2 aliphatic heterocycles. The van der Waals surface area contributed by atoms with Crippen LogP contribution in [0.1, 0.15) is 49.9 Å². The van der Waals surface area contributed by atoms with Crippen LogP contribution < -0.4 is 10.8 Å². The summed E-state index contributed by atoms with van der Waals surface area (Å²) in [4.78, 5) is 10.7. The van der Waals surface area contributed by atoms with Crippen LogP contribution in [-0.4, -0.2) is 67.0 Å². The summed E-state index contributed by atoms with van der Waals surface area (Å²) in [6, 6.07) is 0.0612. The summed E-state index contributed by atoms with van der Waals surface area (Å²) in [6.07, 6.45) is 8.42. The summed E-state index contributed by atoms with van der Waals surface area (Å²) in [5, 5.41) is 23.3. The standard InChI is InChI=1S/C20H25N9O3S/c1-2-29-19-15(11-22-29)17(23-13-3-5-33(30,31)6-4-13)14(10-21-19)16-9-20(32-26-16)7-12(8-20)18-24-27-28-25-18/h9-13,26H,2-8H2,1H3,(H,21,23)(H,24,25,27,28). The first kappa shape index (κ1) is 20.5. The fourth-order valence-electron chi connectivity index (χ4n) is 4.97. The number of hydroxylamine groups is 1. The van der Waals surface area contributed by atoms with E-state index in [0.29, 0.717) is 25.2 Å². The Morgan fingerprint density at radius 3 is 2.82 bits per heavy atom. The number of anilines is 1. The molecule has 0 bridgehead atoms. The number of sulfone groups is 1. The maximum absolute atomic E-state index is 11.9. The molecule has 0 atom stereocenters. The lowest BCUT2D eigenvalue weighted by Gasteiger charge is -2.40. The molecule has 3 aromatic heterocycles. The molecule has 3 aromatic rings. The van der Waals surface area contributed by atoms with Crippen molar-refractivity contribution in [1.29, 1.82) is 0 Å². The number of nitrogens with zero attached hydrogens (tertiary/aromatic N) is 6. The van der Waals surface area contributed by atoms with E-state index in [1.54, 1.807) is 0 Å². The van der Waals surface area contributed by atoms with Crippen molar-refractivity contribution in [3.8, 4) is 0 Å². The molecule has 5 heterocycles. The average Bonchev–Trinajstić information content (AvgIpc) is 3.53. The molecule has 3 N–H and O–H groups in total. The molecule has 0 radical (unpaired) electrons. The van der Waals surface area contributed by atoms with Gasteiger partial charge in [0.15, 0.2) is 11.5 Å². The van der Waals surface area contributed by atoms with Crippen LogP contribution in [0, 0.1) is 0 Å². The van der Waals surface area contributed by atoms with E-state index < -0.39 is 15.4 Å². The van der Waals surface area contributed by atoms with Gasteiger partial charge in [0.1, 0.15) is 15.4 Å². The summed E-state index contributed by atoms with van der Waals surface area (Å²) < 4.78 is 25.7. The van der Waals surface area contributed by atoms with Gasteiger partial charge in [-0.1, -0.05) is 5.21 Å². The van der Waals surface area contributed by atoms with Crippen molar-refractivity contribution in [3.63, 3.8) is 0 Å². The van der Waals surface area contributed by atoms with Crippen LogP contribution in [-0.2, 0) is 21.2 Å². The number of rotatable bonds is 5. The lowest BCUT2D eigenvalue weighted by atomic mass is 9.70. The Labute approximate surface area is 190 Å². The third kappa shape index (κ3) is 3.55. The molecule has 1 spiro atoms. The zero-order valence-corrected chi connectivity index (χ0v) is 19.0. The summed E-state index contributed by atoms with van der Waals surface area (Å²) in [5.41, 5.74) is 6.10. The van der Waals surface area contributed by atoms with E-state index in [2.05, 4.69) is 47.6 Å². The monoisotopic (exact) mass is 471 g/mol. The van der Waals surface area contributed by atoms with Gasteiger partial charge in [-0.2, -0.15) is 10.3 Å². The topological polar surface area (TPSA) is 153 Å². The number of hydrogen-bond donors (Lipinski definition) is 3. The molecular formula is C20H25N9O3S. The molecule has 1 saturated heterocycles. The van der Waals surface area contributed by atoms with Gasteiger partial charge in [0.25, 0.3) is 0 Å². The van der Waals surface area contributed by atoms with Crippen molar-refractivity contribution in [2.24, 2.45) is 0 Å². The third-order valence-electron chi connectivity index (χ3n) is 6.84. The molecule has 2 fully saturated rings. The molecule has 1 aliphatic carbocycles. The van der Waals surface area contributed by atoms with Crippen molar-refractivity contribution in [2.45, 2.75) is 56.7 Å². The average molecular weight is 472 g/mol. The summed E-state index contributed by atoms with van der Waals surface area (Å²) >= 11 is 0. The fourth-order valence-corrected chi connectivity index (χ4v) is 6.46. The van der Waals surface area contributed by atoms with E-state index in [1.807, 2.05) is 24.0 Å². The SMILES string of the molecule is CCn1ncc2c(NC3CCS(=O)(=O)CC3)c(C3=CC4(CC(c5nn[nH]n5)C4)ON3)cnc21. The third-order valence-corrected chi connectivity index (χ3v) is 8.56. The van der Waals surface area contributed by atoms with Gasteiger partial charge in [-0.25, -0.2) is 18.1 Å². The van der Waals surface area contributed by atoms with Gasteiger partial charge in [-0.3, -0.25) is 10.3 Å². The van der Waals surface area contributed by atoms with E-state index in [-0.39, 0.29) is 23.5 Å². The number of pyridine rings is 1. The van der Waals surface area contributed by atoms with Gasteiger partial charge >= 0.3 is 0 Å². The number of tetrazole rings is 1. The number of hydrogen-bond acceptors (Lipinski definition) is 10. The van der Waals surface area contributed by atoms with Crippen LogP contribution >= 0.6 is 0 Å². The van der Waals surface area contributed by atoms with Crippen LogP contribution in [0.4, 0.5) is 5.69 Å². The summed E-state index contributed by atoms with van der Waals surface area (Å²) in [6.45, 7) is 2.73. The lowest BCUT2D eigenvalue weighted by molar-refractivity contribution is -0.0941. The lowest BCUT2D eigenvalue weighted by Crippen LogP contribution is -2.43. The fraction of sp³-hybridized carbons (Fsp3) is 0.550. The highest BCUT2D eigenvalue weighted by Gasteiger charge is 2.50. The van der Waals surface area contributed by atoms with Gasteiger partial charge in [-0.05, 0) is 38.7 Å². The maximum Gasteiger partial charge on any atom is 0.177 e. The highest BCUT2D eigenvalue weighted by atomic mass is 32.2. The number of fused-ring (bicyclic) bond motifs is 1. The summed E-state index contributed by atoms with van der Waals surface area (Å²) in [7, 11) is -2.94. The second kappa shape index (κ2) is 7.48. The Bertz CT molecular complexity index is 1310. The zero-order chi connectivity index (χ0) is 22.6. The maximum atomic E-state index is 11.9. The Morgan fingerprint density at radius 1 is 1.27 bits per heavy atom. The van der Waals surface area contributed by atoms with Crippen molar-refractivity contribution < 1.29 is 13.3 Å². The first-order valence-electron chi connectivity index (χ1n) is 11.2. The van der Waals surface area contributed by atoms with Crippen LogP contribution in [0.25, 0.3) is 16.7 Å². The van der Waals surface area contributed by atoms with E-state index >= 15 is 0 Å². The molecule has 13 heteroatoms. The van der Waals surface area contributed by atoms with E-state index in [4.69, 9.17) is 4.84 Å². The highest BCUT2D eigenvalue weighted by molar-refractivity contribution is 7.91. The summed E-state index contributed by atoms with van der Waals surface area (Å²) in [5.74, 6) is 1.31. The normalized spacial score (nSPS) is 22.3. The van der Waals surface area contributed by atoms with Crippen LogP contribution in [0.3, 0.4) is 0 Å². The number of aromatic nitrogens is 7. The number of aromatic amines is 1. The number of nitrogens with one attached hydrogen (secondary N) is 3. The van der Waals surface area contributed by atoms with Crippen molar-refractivity contribution in [2.75, 3.05) is 16.8 Å². The van der Waals surface area contributed by atoms with Crippen LogP contribution in [0.5, 0.6) is 0 Å². The predicted octanol–water partition coefficient (Wildman–Crippen LogP) is 1.15. The second-order valence-electron chi connectivity index (χ2n) is 9.02. The van der Waals surface area contributed by atoms with Crippen molar-refractivity contribution >= 4 is 32.3 Å². The Morgan fingerprint density at radius 2 is 2.09 bits per heavy atom. The van der Waals surface area contributed by atoms with Gasteiger partial charge in [0.2, 0.25) is 0 Å². The molecule has 3 aliphatic rings. The Hall–Kier alpha value is -3.06. The van der Waals surface area contributed by atoms with Gasteiger partial charge in [-0.15, -0.1) is 10.2 Å². The van der Waals surface area contributed by atoms with Gasteiger partial charge < -0.3 is 5.32 Å². The number of aryl methyl sites for hydroxylation is 1. The predicted molar refractivity (Wildman–Crippen MR) is 120 cm³/mol. The van der Waals surface area contributed by atoms with E-state index in [1.165, 1.54) is 0 Å². The molecule has 0 amide bonds. The molecule has 0 aromatic carbocycles. The molecule has 33 heavy (non-hydrogen) atoms. The first-order chi connectivity index (χ1) is 16.0. The van der Waals surface area contributed by atoms with Gasteiger partial charge in [0, 0.05) is 30.3 Å². The first-order valence-corrected chi connectivity index (χ1v) is 13.0. The van der Waals surface area contributed by atoms with Crippen molar-refractivity contribution in [3.05, 3.63) is 29.9 Å². The quantitative estimate of drug-likeness (QED) is 0.494. The van der Waals surface area contributed by atoms with E-state index in [9.17, 15) is 8.42 Å². The second-order valence-corrected chi connectivity index (χ2v) is 11.3. The number of H-pyrrole nitrogens is 1. The molecule has 6 rings (SSSR count). The minimum absolute atomic E-state index is 0.0612. The van der Waals surface area contributed by atoms with Crippen molar-refractivity contribution in [1.82, 2.24) is 40.9 Å². The molecule has 1 saturated carbocycles. The van der Waals surface area contributed by atoms with Crippen LogP contribution in [0.15, 0.2) is 18.5 Å². The minimum Gasteiger partial charge on any atom is -0.381 e. The molecule has 12 nitrogen and oxygen atoms in total. The molecular weight excluding hydrogens is 446 g/mol. The van der Waals surface area contributed by atoms with E-state index in [0.717, 1.165) is 40.8 Å². The van der Waals surface area contributed by atoms with Gasteiger partial charge in [0.05, 0.1) is 34.5 Å². The smallest absolute Gasteiger partial charge is 0.177 e. The minimum atomic E-state index is -2.94. The van der Waals surface area contributed by atoms with Crippen LogP contribution in [0.2, 0.25) is 0 Å². The largest absolute Gasteiger partial charge is 0.381 e. The molecule has 174 valence electrons. The highest BCUT2D eigenvalue weighted by Crippen LogP contribution is 2.50. The molecule has 0 unspecified atom stereocenters. The zero-order valence-electron chi connectivity index (χ0n) is 18.2. The Balaban J connectivity index is 1.32.